The van der Waals surface area contributed by atoms with Gasteiger partial charge in [0.2, 0.25) is 15.9 Å². The zero-order valence-electron chi connectivity index (χ0n) is 13.9. The molecule has 1 saturated heterocycles. The van der Waals surface area contributed by atoms with Gasteiger partial charge in [-0.2, -0.15) is 9.41 Å². The highest BCUT2D eigenvalue weighted by Crippen LogP contribution is 2.19. The van der Waals surface area contributed by atoms with Gasteiger partial charge in [0.05, 0.1) is 4.90 Å². The Bertz CT molecular complexity index is 826. The minimum Gasteiger partial charge on any atom is -0.335 e. The highest BCUT2D eigenvalue weighted by atomic mass is 32.2. The second kappa shape index (κ2) is 6.93. The summed E-state index contributed by atoms with van der Waals surface area (Å²) >= 11 is 0. The van der Waals surface area contributed by atoms with Crippen LogP contribution in [0.2, 0.25) is 0 Å². The van der Waals surface area contributed by atoms with E-state index in [-0.39, 0.29) is 36.2 Å². The summed E-state index contributed by atoms with van der Waals surface area (Å²) in [5, 5.41) is 3.80. The van der Waals surface area contributed by atoms with Crippen LogP contribution in [0.5, 0.6) is 0 Å². The van der Waals surface area contributed by atoms with E-state index in [0.717, 1.165) is 5.56 Å². The lowest BCUT2D eigenvalue weighted by molar-refractivity contribution is -0.125. The van der Waals surface area contributed by atoms with E-state index in [2.05, 4.69) is 10.5 Å². The lowest BCUT2D eigenvalue weighted by atomic mass is 10.1. The Balaban J connectivity index is 1.65. The number of piperazine rings is 1. The lowest BCUT2D eigenvalue weighted by Crippen LogP contribution is -2.52. The molecule has 2 aliphatic rings. The summed E-state index contributed by atoms with van der Waals surface area (Å²) in [5.74, 6) is -0.446. The van der Waals surface area contributed by atoms with Crippen LogP contribution in [0.15, 0.2) is 34.3 Å². The van der Waals surface area contributed by atoms with Crippen molar-refractivity contribution in [3.63, 3.8) is 0 Å². The topological polar surface area (TPSA) is 99.2 Å². The first-order chi connectivity index (χ1) is 11.9. The number of rotatable bonds is 3. The molecule has 0 aromatic heterocycles. The molecular weight excluding hydrogens is 344 g/mol. The number of carbonyl (C=O) groups excluding carboxylic acids is 2. The van der Waals surface area contributed by atoms with E-state index >= 15 is 0 Å². The molecule has 8 nitrogen and oxygen atoms in total. The molecule has 1 aromatic rings. The maximum Gasteiger partial charge on any atom is 0.270 e. The Labute approximate surface area is 146 Å². The van der Waals surface area contributed by atoms with Crippen LogP contribution >= 0.6 is 0 Å². The SMILES string of the molecule is Cc1cccc(S(=O)(=O)N2CCN(C(=O)C3=NNC(=O)CC3)CC2)c1. The first kappa shape index (κ1) is 17.6. The molecule has 1 aromatic carbocycles. The van der Waals surface area contributed by atoms with Gasteiger partial charge in [0.15, 0.2) is 0 Å². The second-order valence-electron chi connectivity index (χ2n) is 6.11. The Morgan fingerprint density at radius 2 is 1.88 bits per heavy atom. The van der Waals surface area contributed by atoms with Gasteiger partial charge in [-0.05, 0) is 24.6 Å². The minimum absolute atomic E-state index is 0.203. The van der Waals surface area contributed by atoms with Crippen molar-refractivity contribution in [3.05, 3.63) is 29.8 Å². The maximum absolute atomic E-state index is 12.7. The van der Waals surface area contributed by atoms with Crippen molar-refractivity contribution in [2.45, 2.75) is 24.7 Å². The van der Waals surface area contributed by atoms with Crippen molar-refractivity contribution in [2.24, 2.45) is 5.10 Å². The van der Waals surface area contributed by atoms with Crippen molar-refractivity contribution in [2.75, 3.05) is 26.2 Å². The predicted molar refractivity (Wildman–Crippen MR) is 91.3 cm³/mol. The second-order valence-corrected chi connectivity index (χ2v) is 8.04. The number of hydrogen-bond acceptors (Lipinski definition) is 5. The van der Waals surface area contributed by atoms with E-state index in [1.165, 1.54) is 4.31 Å². The summed E-state index contributed by atoms with van der Waals surface area (Å²) in [6, 6.07) is 6.79. The first-order valence-corrected chi connectivity index (χ1v) is 9.53. The molecule has 25 heavy (non-hydrogen) atoms. The number of hydrazone groups is 1. The zero-order valence-corrected chi connectivity index (χ0v) is 14.8. The lowest BCUT2D eigenvalue weighted by Gasteiger charge is -2.34. The minimum atomic E-state index is -3.56. The highest BCUT2D eigenvalue weighted by molar-refractivity contribution is 7.89. The number of aryl methyl sites for hydroxylation is 1. The van der Waals surface area contributed by atoms with E-state index in [1.54, 1.807) is 23.1 Å². The molecule has 2 heterocycles. The van der Waals surface area contributed by atoms with E-state index in [0.29, 0.717) is 25.2 Å². The molecular formula is C16H20N4O4S. The van der Waals surface area contributed by atoms with Crippen LogP contribution < -0.4 is 5.43 Å². The van der Waals surface area contributed by atoms with Crippen LogP contribution in [0.4, 0.5) is 0 Å². The first-order valence-electron chi connectivity index (χ1n) is 8.09. The Hall–Kier alpha value is -2.26. The summed E-state index contributed by atoms with van der Waals surface area (Å²) in [7, 11) is -3.56. The van der Waals surface area contributed by atoms with E-state index in [1.807, 2.05) is 13.0 Å². The molecule has 0 saturated carbocycles. The smallest absolute Gasteiger partial charge is 0.270 e. The molecule has 0 bridgehead atoms. The number of carbonyl (C=O) groups is 2. The van der Waals surface area contributed by atoms with Crippen LogP contribution in [0.1, 0.15) is 18.4 Å². The zero-order chi connectivity index (χ0) is 18.0. The van der Waals surface area contributed by atoms with Gasteiger partial charge in [-0.3, -0.25) is 9.59 Å². The summed E-state index contributed by atoms with van der Waals surface area (Å²) in [5.41, 5.74) is 3.50. The number of sulfonamides is 1. The van der Waals surface area contributed by atoms with Gasteiger partial charge in [0.1, 0.15) is 5.71 Å². The molecule has 0 aliphatic carbocycles. The van der Waals surface area contributed by atoms with E-state index in [4.69, 9.17) is 0 Å². The summed E-state index contributed by atoms with van der Waals surface area (Å²) in [4.78, 5) is 25.4. The van der Waals surface area contributed by atoms with Crippen LogP contribution in [0.25, 0.3) is 0 Å². The van der Waals surface area contributed by atoms with Crippen molar-refractivity contribution < 1.29 is 18.0 Å². The quantitative estimate of drug-likeness (QED) is 0.822. The van der Waals surface area contributed by atoms with Gasteiger partial charge >= 0.3 is 0 Å². The van der Waals surface area contributed by atoms with Gasteiger partial charge in [-0.15, -0.1) is 0 Å². The van der Waals surface area contributed by atoms with Gasteiger partial charge in [-0.25, -0.2) is 13.8 Å². The Kier molecular flexibility index (Phi) is 4.87. The number of nitrogens with zero attached hydrogens (tertiary/aromatic N) is 3. The monoisotopic (exact) mass is 364 g/mol. The van der Waals surface area contributed by atoms with Crippen LogP contribution in [-0.4, -0.2) is 61.3 Å². The molecule has 1 fully saturated rings. The van der Waals surface area contributed by atoms with Crippen molar-refractivity contribution in [3.8, 4) is 0 Å². The molecule has 1 N–H and O–H groups in total. The van der Waals surface area contributed by atoms with Gasteiger partial charge in [0.25, 0.3) is 5.91 Å². The standard InChI is InChI=1S/C16H20N4O4S/c1-12-3-2-4-13(11-12)25(23,24)20-9-7-19(8-10-20)16(22)14-5-6-15(21)18-17-14/h2-4,11H,5-10H2,1H3,(H,18,21). The van der Waals surface area contributed by atoms with Crippen LogP contribution in [-0.2, 0) is 19.6 Å². The fourth-order valence-corrected chi connectivity index (χ4v) is 4.39. The molecule has 0 atom stereocenters. The number of hydrogen-bond donors (Lipinski definition) is 1. The normalized spacial score (nSPS) is 19.3. The molecule has 2 amide bonds. The molecule has 134 valence electrons. The third-order valence-electron chi connectivity index (χ3n) is 4.30. The summed E-state index contributed by atoms with van der Waals surface area (Å²) in [6.45, 7) is 2.93. The van der Waals surface area contributed by atoms with E-state index < -0.39 is 10.0 Å². The van der Waals surface area contributed by atoms with Gasteiger partial charge in [-0.1, -0.05) is 12.1 Å². The summed E-state index contributed by atoms with van der Waals surface area (Å²) < 4.78 is 26.8. The van der Waals surface area contributed by atoms with Crippen molar-refractivity contribution in [1.82, 2.24) is 14.6 Å². The molecule has 0 unspecified atom stereocenters. The van der Waals surface area contributed by atoms with Crippen molar-refractivity contribution >= 4 is 27.5 Å². The Morgan fingerprint density at radius 3 is 2.48 bits per heavy atom. The highest BCUT2D eigenvalue weighted by Gasteiger charge is 2.32. The van der Waals surface area contributed by atoms with E-state index in [9.17, 15) is 18.0 Å². The largest absolute Gasteiger partial charge is 0.335 e. The van der Waals surface area contributed by atoms with Crippen LogP contribution in [0, 0.1) is 6.92 Å². The number of nitrogens with one attached hydrogen (secondary N) is 1. The maximum atomic E-state index is 12.7. The molecule has 0 radical (unpaired) electrons. The molecule has 3 rings (SSSR count). The third-order valence-corrected chi connectivity index (χ3v) is 6.20. The van der Waals surface area contributed by atoms with Gasteiger partial charge < -0.3 is 4.90 Å². The van der Waals surface area contributed by atoms with Gasteiger partial charge in [0, 0.05) is 39.0 Å². The van der Waals surface area contributed by atoms with Crippen LogP contribution in [0.3, 0.4) is 0 Å². The van der Waals surface area contributed by atoms with Crippen molar-refractivity contribution in [1.29, 1.82) is 0 Å². The average molecular weight is 364 g/mol. The Morgan fingerprint density at radius 1 is 1.16 bits per heavy atom. The molecule has 2 aliphatic heterocycles. The summed E-state index contributed by atoms with van der Waals surface area (Å²) in [6.07, 6.45) is 0.554. The molecule has 9 heteroatoms. The predicted octanol–water partition coefficient (Wildman–Crippen LogP) is 0.0939. The number of benzene rings is 1. The molecule has 0 spiro atoms. The number of amides is 2. The fourth-order valence-electron chi connectivity index (χ4n) is 2.87. The fraction of sp³-hybridized carbons (Fsp3) is 0.438. The average Bonchev–Trinajstić information content (AvgIpc) is 2.62. The third kappa shape index (κ3) is 3.72.